The fraction of sp³-hybridized carbons (Fsp3) is 0.500. The first-order chi connectivity index (χ1) is 18.4. The van der Waals surface area contributed by atoms with E-state index in [0.717, 1.165) is 23.0 Å². The molecule has 1 atom stereocenters. The molecule has 0 radical (unpaired) electrons. The lowest BCUT2D eigenvalue weighted by Crippen LogP contribution is -2.39. The standard InChI is InChI=1S/C28H35ClF3N5O2/c1-5-34-35-14-18(2)25-16-37-24(13-28(30,31)32)15-33-27(37)23(11-22(25)10-20(4)29)12-26(39)36-8-6-21(7-9-36)19(3)17-38/h5,10,14-15,17,21,23,35H,3,6-9,11-13,16H2,1-2,4H3/b18-14+,20-10+,34-5-. The summed E-state index contributed by atoms with van der Waals surface area (Å²) in [6.45, 7) is 10.3. The van der Waals surface area contributed by atoms with Crippen molar-refractivity contribution < 1.29 is 22.8 Å². The fourth-order valence-electron chi connectivity index (χ4n) is 5.18. The fourth-order valence-corrected chi connectivity index (χ4v) is 5.31. The molecule has 1 unspecified atom stereocenters. The lowest BCUT2D eigenvalue weighted by Gasteiger charge is -2.32. The normalized spacial score (nSPS) is 19.8. The molecule has 39 heavy (non-hydrogen) atoms. The van der Waals surface area contributed by atoms with Gasteiger partial charge in [0.2, 0.25) is 5.91 Å². The SMILES string of the molecule is C=C(C=O)C1CCN(C(=O)CC2CC(/C=C(\C)Cl)=C(C(/C)=C/N/N=C\C)Cn3c(CC(F)(F)F)cnc32)CC1. The van der Waals surface area contributed by atoms with Crippen LogP contribution in [0.2, 0.25) is 0 Å². The Labute approximate surface area is 232 Å². The van der Waals surface area contributed by atoms with Crippen LogP contribution in [0, 0.1) is 5.92 Å². The van der Waals surface area contributed by atoms with Crippen molar-refractivity contribution >= 4 is 30.0 Å². The smallest absolute Gasteiger partial charge is 0.343 e. The van der Waals surface area contributed by atoms with Crippen molar-refractivity contribution in [2.75, 3.05) is 13.1 Å². The van der Waals surface area contributed by atoms with Gasteiger partial charge in [-0.05, 0) is 74.3 Å². The van der Waals surface area contributed by atoms with Crippen LogP contribution < -0.4 is 5.43 Å². The quantitative estimate of drug-likeness (QED) is 0.178. The number of aldehydes is 1. The van der Waals surface area contributed by atoms with Crippen LogP contribution in [0.1, 0.15) is 63.9 Å². The minimum Gasteiger partial charge on any atom is -0.343 e. The zero-order valence-corrected chi connectivity index (χ0v) is 23.3. The van der Waals surface area contributed by atoms with E-state index in [1.807, 2.05) is 6.92 Å². The second-order valence-electron chi connectivity index (χ2n) is 10.0. The first kappa shape index (κ1) is 30.4. The number of alkyl halides is 3. The highest BCUT2D eigenvalue weighted by Gasteiger charge is 2.35. The van der Waals surface area contributed by atoms with Gasteiger partial charge in [-0.1, -0.05) is 18.2 Å². The number of allylic oxidation sites excluding steroid dienone is 6. The molecule has 0 saturated carbocycles. The van der Waals surface area contributed by atoms with Gasteiger partial charge < -0.3 is 9.47 Å². The van der Waals surface area contributed by atoms with Crippen LogP contribution in [-0.2, 0) is 22.6 Å². The van der Waals surface area contributed by atoms with Crippen molar-refractivity contribution in [2.24, 2.45) is 11.0 Å². The zero-order chi connectivity index (χ0) is 28.7. The zero-order valence-electron chi connectivity index (χ0n) is 22.5. The molecular formula is C28H35ClF3N5O2. The number of halogens is 4. The van der Waals surface area contributed by atoms with Crippen LogP contribution in [0.4, 0.5) is 13.2 Å². The maximum Gasteiger partial charge on any atom is 0.394 e. The number of hydrogen-bond donors (Lipinski definition) is 1. The van der Waals surface area contributed by atoms with Gasteiger partial charge in [0, 0.05) is 61.3 Å². The number of imidazole rings is 1. The molecule has 0 aromatic carbocycles. The topological polar surface area (TPSA) is 79.6 Å². The first-order valence-electron chi connectivity index (χ1n) is 12.9. The number of hydrazone groups is 1. The highest BCUT2D eigenvalue weighted by atomic mass is 35.5. The van der Waals surface area contributed by atoms with E-state index in [1.54, 1.807) is 41.8 Å². The van der Waals surface area contributed by atoms with Gasteiger partial charge >= 0.3 is 6.18 Å². The predicted octanol–water partition coefficient (Wildman–Crippen LogP) is 5.80. The number of carbonyl (C=O) groups excluding carboxylic acids is 2. The average molecular weight is 566 g/mol. The van der Waals surface area contributed by atoms with Gasteiger partial charge in [-0.3, -0.25) is 15.0 Å². The molecule has 2 aliphatic rings. The van der Waals surface area contributed by atoms with E-state index in [9.17, 15) is 22.8 Å². The van der Waals surface area contributed by atoms with Gasteiger partial charge in [0.1, 0.15) is 12.1 Å². The summed E-state index contributed by atoms with van der Waals surface area (Å²) in [5, 5.41) is 4.51. The van der Waals surface area contributed by atoms with Gasteiger partial charge in [-0.25, -0.2) is 4.98 Å². The van der Waals surface area contributed by atoms with Gasteiger partial charge in [0.15, 0.2) is 0 Å². The number of carbonyl (C=O) groups is 2. The number of hydrogen-bond acceptors (Lipinski definition) is 5. The van der Waals surface area contributed by atoms with Crippen molar-refractivity contribution in [3.63, 3.8) is 0 Å². The number of rotatable bonds is 9. The summed E-state index contributed by atoms with van der Waals surface area (Å²) in [6.07, 6.45) is 3.36. The molecule has 1 fully saturated rings. The van der Waals surface area contributed by atoms with Gasteiger partial charge in [0.25, 0.3) is 0 Å². The van der Waals surface area contributed by atoms with Crippen LogP contribution in [0.15, 0.2) is 57.5 Å². The molecule has 3 heterocycles. The van der Waals surface area contributed by atoms with E-state index in [0.29, 0.717) is 48.8 Å². The predicted molar refractivity (Wildman–Crippen MR) is 146 cm³/mol. The van der Waals surface area contributed by atoms with E-state index >= 15 is 0 Å². The van der Waals surface area contributed by atoms with Crippen LogP contribution >= 0.6 is 11.6 Å². The molecule has 1 saturated heterocycles. The van der Waals surface area contributed by atoms with E-state index in [-0.39, 0.29) is 30.5 Å². The largest absolute Gasteiger partial charge is 0.394 e. The van der Waals surface area contributed by atoms with Gasteiger partial charge in [-0.2, -0.15) is 18.3 Å². The van der Waals surface area contributed by atoms with E-state index in [1.165, 1.54) is 6.20 Å². The Bertz CT molecular complexity index is 1200. The Morgan fingerprint density at radius 1 is 1.31 bits per heavy atom. The van der Waals surface area contributed by atoms with Crippen molar-refractivity contribution in [3.8, 4) is 0 Å². The first-order valence-corrected chi connectivity index (χ1v) is 13.3. The van der Waals surface area contributed by atoms with Crippen LogP contribution in [-0.4, -0.2) is 52.1 Å². The number of amides is 1. The minimum atomic E-state index is -4.41. The summed E-state index contributed by atoms with van der Waals surface area (Å²) in [4.78, 5) is 30.7. The summed E-state index contributed by atoms with van der Waals surface area (Å²) >= 11 is 6.28. The molecule has 212 valence electrons. The average Bonchev–Trinajstić information content (AvgIpc) is 3.18. The Morgan fingerprint density at radius 2 is 2.00 bits per heavy atom. The number of nitrogens with zero attached hydrogens (tertiary/aromatic N) is 4. The summed E-state index contributed by atoms with van der Waals surface area (Å²) < 4.78 is 42.0. The van der Waals surface area contributed by atoms with Crippen molar-refractivity contribution in [2.45, 2.75) is 71.5 Å². The number of aromatic nitrogens is 2. The van der Waals surface area contributed by atoms with E-state index in [4.69, 9.17) is 11.6 Å². The van der Waals surface area contributed by atoms with Crippen molar-refractivity contribution in [3.05, 3.63) is 63.9 Å². The molecule has 2 aliphatic heterocycles. The molecule has 1 aromatic rings. The Balaban J connectivity index is 1.99. The second kappa shape index (κ2) is 13.3. The number of nitrogens with one attached hydrogen (secondary N) is 1. The van der Waals surface area contributed by atoms with E-state index < -0.39 is 18.5 Å². The maximum absolute atomic E-state index is 13.5. The number of piperidine rings is 1. The summed E-state index contributed by atoms with van der Waals surface area (Å²) in [7, 11) is 0. The third-order valence-corrected chi connectivity index (χ3v) is 7.27. The molecule has 1 N–H and O–H groups in total. The molecule has 3 rings (SSSR count). The Morgan fingerprint density at radius 3 is 2.59 bits per heavy atom. The molecule has 7 nitrogen and oxygen atoms in total. The molecule has 11 heteroatoms. The second-order valence-corrected chi connectivity index (χ2v) is 10.6. The summed E-state index contributed by atoms with van der Waals surface area (Å²) in [5.74, 6) is -0.0334. The third kappa shape index (κ3) is 8.17. The Kier molecular flexibility index (Phi) is 10.4. The summed E-state index contributed by atoms with van der Waals surface area (Å²) in [6, 6.07) is 0. The highest BCUT2D eigenvalue weighted by Crippen LogP contribution is 2.38. The van der Waals surface area contributed by atoms with Crippen LogP contribution in [0.25, 0.3) is 0 Å². The number of likely N-dealkylation sites (tertiary alicyclic amines) is 1. The van der Waals surface area contributed by atoms with Gasteiger partial charge in [0.05, 0.1) is 6.42 Å². The van der Waals surface area contributed by atoms with E-state index in [2.05, 4.69) is 22.1 Å². The molecule has 0 aliphatic carbocycles. The molecule has 0 spiro atoms. The number of fused-ring (bicyclic) bond motifs is 1. The van der Waals surface area contributed by atoms with Crippen LogP contribution in [0.3, 0.4) is 0 Å². The van der Waals surface area contributed by atoms with Crippen molar-refractivity contribution in [1.29, 1.82) is 0 Å². The van der Waals surface area contributed by atoms with Crippen LogP contribution in [0.5, 0.6) is 0 Å². The summed E-state index contributed by atoms with van der Waals surface area (Å²) in [5.41, 5.74) is 5.82. The maximum atomic E-state index is 13.5. The minimum absolute atomic E-state index is 0.0424. The molecule has 0 bridgehead atoms. The van der Waals surface area contributed by atoms with Crippen molar-refractivity contribution in [1.82, 2.24) is 19.9 Å². The lowest BCUT2D eigenvalue weighted by molar-refractivity contribution is -0.133. The lowest BCUT2D eigenvalue weighted by atomic mass is 9.89. The molecular weight excluding hydrogens is 531 g/mol. The molecule has 1 aromatic heterocycles. The Hall–Kier alpha value is -3.14. The third-order valence-electron chi connectivity index (χ3n) is 7.16. The molecule has 1 amide bonds. The monoisotopic (exact) mass is 565 g/mol. The highest BCUT2D eigenvalue weighted by molar-refractivity contribution is 6.29. The van der Waals surface area contributed by atoms with Gasteiger partial charge in [-0.15, -0.1) is 0 Å².